The van der Waals surface area contributed by atoms with Crippen LogP contribution in [0.25, 0.3) is 0 Å². The molecule has 1 aliphatic rings. The van der Waals surface area contributed by atoms with E-state index in [2.05, 4.69) is 10.3 Å². The van der Waals surface area contributed by atoms with Crippen molar-refractivity contribution in [3.8, 4) is 0 Å². The number of rotatable bonds is 4. The van der Waals surface area contributed by atoms with E-state index < -0.39 is 0 Å². The number of nitrogens with zero attached hydrogens (tertiary/aromatic N) is 2. The number of amides is 2. The zero-order valence-electron chi connectivity index (χ0n) is 13.9. The van der Waals surface area contributed by atoms with Gasteiger partial charge < -0.3 is 15.0 Å². The summed E-state index contributed by atoms with van der Waals surface area (Å²) in [5.41, 5.74) is 1.90. The third-order valence-electron chi connectivity index (χ3n) is 4.34. The molecule has 0 bridgehead atoms. The van der Waals surface area contributed by atoms with Crippen LogP contribution in [0.2, 0.25) is 0 Å². The van der Waals surface area contributed by atoms with E-state index in [-0.39, 0.29) is 18.1 Å². The summed E-state index contributed by atoms with van der Waals surface area (Å²) in [7, 11) is 1.82. The lowest BCUT2D eigenvalue weighted by atomic mass is 10.0. The number of carbonyl (C=O) groups is 1. The number of nitrogens with one attached hydrogen (secondary N) is 1. The summed E-state index contributed by atoms with van der Waals surface area (Å²) in [6, 6.07) is 15.6. The topological polar surface area (TPSA) is 54.5 Å². The van der Waals surface area contributed by atoms with Crippen LogP contribution in [-0.4, -0.2) is 42.2 Å². The SMILES string of the molecule is CN(C(=O)NC1CCOCC1)[C@H](c1ccccc1)c1ccccn1. The lowest BCUT2D eigenvalue weighted by Gasteiger charge is -2.31. The number of carbonyl (C=O) groups excluding carboxylic acids is 1. The summed E-state index contributed by atoms with van der Waals surface area (Å²) in [4.78, 5) is 18.9. The van der Waals surface area contributed by atoms with Gasteiger partial charge in [0.2, 0.25) is 0 Å². The van der Waals surface area contributed by atoms with Crippen molar-refractivity contribution in [1.82, 2.24) is 15.2 Å². The normalized spacial score (nSPS) is 16.4. The van der Waals surface area contributed by atoms with Gasteiger partial charge in [0.15, 0.2) is 0 Å². The van der Waals surface area contributed by atoms with E-state index in [0.717, 1.165) is 24.1 Å². The van der Waals surface area contributed by atoms with Crippen LogP contribution >= 0.6 is 0 Å². The molecule has 0 saturated carbocycles. The van der Waals surface area contributed by atoms with Crippen molar-refractivity contribution in [2.24, 2.45) is 0 Å². The second-order valence-electron chi connectivity index (χ2n) is 6.01. The van der Waals surface area contributed by atoms with Crippen LogP contribution in [0, 0.1) is 0 Å². The first-order valence-electron chi connectivity index (χ1n) is 8.32. The van der Waals surface area contributed by atoms with E-state index in [1.54, 1.807) is 11.1 Å². The Bertz CT molecular complexity index is 603. The maximum Gasteiger partial charge on any atom is 0.318 e. The highest BCUT2D eigenvalue weighted by atomic mass is 16.5. The molecule has 2 heterocycles. The molecule has 5 nitrogen and oxygen atoms in total. The monoisotopic (exact) mass is 325 g/mol. The molecule has 126 valence electrons. The highest BCUT2D eigenvalue weighted by molar-refractivity contribution is 5.75. The van der Waals surface area contributed by atoms with Crippen LogP contribution in [0.1, 0.15) is 30.1 Å². The quantitative estimate of drug-likeness (QED) is 0.940. The molecule has 0 aliphatic carbocycles. The van der Waals surface area contributed by atoms with Crippen LogP contribution in [0.15, 0.2) is 54.7 Å². The van der Waals surface area contributed by atoms with E-state index >= 15 is 0 Å². The minimum absolute atomic E-state index is 0.0820. The van der Waals surface area contributed by atoms with Crippen LogP contribution in [-0.2, 0) is 4.74 Å². The summed E-state index contributed by atoms with van der Waals surface area (Å²) in [5, 5.41) is 3.12. The van der Waals surface area contributed by atoms with Gasteiger partial charge in [0.25, 0.3) is 0 Å². The minimum atomic E-state index is -0.216. The first-order valence-corrected chi connectivity index (χ1v) is 8.32. The number of pyridine rings is 1. The van der Waals surface area contributed by atoms with Gasteiger partial charge in [0.05, 0.1) is 5.69 Å². The Labute approximate surface area is 142 Å². The number of hydrogen-bond donors (Lipinski definition) is 1. The number of aromatic nitrogens is 1. The minimum Gasteiger partial charge on any atom is -0.381 e. The molecule has 0 radical (unpaired) electrons. The summed E-state index contributed by atoms with van der Waals surface area (Å²) in [6.45, 7) is 1.41. The van der Waals surface area contributed by atoms with Crippen LogP contribution in [0.5, 0.6) is 0 Å². The molecule has 0 spiro atoms. The molecule has 1 atom stereocenters. The average Bonchev–Trinajstić information content (AvgIpc) is 2.64. The smallest absolute Gasteiger partial charge is 0.318 e. The number of benzene rings is 1. The fourth-order valence-electron chi connectivity index (χ4n) is 3.00. The van der Waals surface area contributed by atoms with E-state index in [0.29, 0.717) is 13.2 Å². The average molecular weight is 325 g/mol. The van der Waals surface area contributed by atoms with Gasteiger partial charge in [-0.1, -0.05) is 36.4 Å². The van der Waals surface area contributed by atoms with Crippen LogP contribution in [0.3, 0.4) is 0 Å². The molecule has 3 rings (SSSR count). The Morgan fingerprint density at radius 2 is 1.88 bits per heavy atom. The molecule has 1 aromatic carbocycles. The largest absolute Gasteiger partial charge is 0.381 e. The van der Waals surface area contributed by atoms with Crippen molar-refractivity contribution in [1.29, 1.82) is 0 Å². The van der Waals surface area contributed by atoms with Crippen LogP contribution in [0.4, 0.5) is 4.79 Å². The van der Waals surface area contributed by atoms with Crippen molar-refractivity contribution in [2.75, 3.05) is 20.3 Å². The second-order valence-corrected chi connectivity index (χ2v) is 6.01. The first-order chi connectivity index (χ1) is 11.8. The highest BCUT2D eigenvalue weighted by Crippen LogP contribution is 2.26. The van der Waals surface area contributed by atoms with Crippen molar-refractivity contribution < 1.29 is 9.53 Å². The van der Waals surface area contributed by atoms with Gasteiger partial charge in [-0.3, -0.25) is 4.98 Å². The molecule has 24 heavy (non-hydrogen) atoms. The van der Waals surface area contributed by atoms with Gasteiger partial charge >= 0.3 is 6.03 Å². The van der Waals surface area contributed by atoms with Crippen molar-refractivity contribution in [2.45, 2.75) is 24.9 Å². The predicted octanol–water partition coefficient (Wildman–Crippen LogP) is 2.99. The predicted molar refractivity (Wildman–Crippen MR) is 92.7 cm³/mol. The molecule has 1 fully saturated rings. The Hall–Kier alpha value is -2.40. The van der Waals surface area contributed by atoms with Crippen molar-refractivity contribution in [3.63, 3.8) is 0 Å². The van der Waals surface area contributed by atoms with E-state index in [1.165, 1.54) is 0 Å². The second kappa shape index (κ2) is 7.93. The lowest BCUT2D eigenvalue weighted by Crippen LogP contribution is -2.46. The maximum absolute atomic E-state index is 12.7. The first kappa shape index (κ1) is 16.5. The lowest BCUT2D eigenvalue weighted by molar-refractivity contribution is 0.0780. The Balaban J connectivity index is 1.80. The molecule has 1 saturated heterocycles. The summed E-state index contributed by atoms with van der Waals surface area (Å²) in [5.74, 6) is 0. The van der Waals surface area contributed by atoms with E-state index in [9.17, 15) is 4.79 Å². The van der Waals surface area contributed by atoms with Gasteiger partial charge in [0.1, 0.15) is 6.04 Å². The van der Waals surface area contributed by atoms with Gasteiger partial charge in [-0.2, -0.15) is 0 Å². The van der Waals surface area contributed by atoms with Crippen molar-refractivity contribution >= 4 is 6.03 Å². The van der Waals surface area contributed by atoms with Gasteiger partial charge in [-0.05, 0) is 30.5 Å². The summed E-state index contributed by atoms with van der Waals surface area (Å²) < 4.78 is 5.35. The molecule has 1 aliphatic heterocycles. The molecule has 1 aromatic heterocycles. The molecule has 1 N–H and O–H groups in total. The van der Waals surface area contributed by atoms with E-state index in [1.807, 2.05) is 55.6 Å². The zero-order chi connectivity index (χ0) is 16.8. The van der Waals surface area contributed by atoms with Gasteiger partial charge in [0, 0.05) is 32.5 Å². The Morgan fingerprint density at radius 3 is 2.54 bits per heavy atom. The van der Waals surface area contributed by atoms with Gasteiger partial charge in [-0.15, -0.1) is 0 Å². The molecule has 2 amide bonds. The zero-order valence-corrected chi connectivity index (χ0v) is 13.9. The number of ether oxygens (including phenoxy) is 1. The third kappa shape index (κ3) is 3.92. The molecule has 5 heteroatoms. The molecule has 2 aromatic rings. The highest BCUT2D eigenvalue weighted by Gasteiger charge is 2.26. The summed E-state index contributed by atoms with van der Waals surface area (Å²) >= 11 is 0. The number of urea groups is 1. The standard InChI is InChI=1S/C19H23N3O2/c1-22(19(23)21-16-10-13-24-14-11-16)18(15-7-3-2-4-8-15)17-9-5-6-12-20-17/h2-9,12,16,18H,10-11,13-14H2,1H3,(H,21,23)/t18-/m1/s1. The summed E-state index contributed by atoms with van der Waals surface area (Å²) in [6.07, 6.45) is 3.48. The fourth-order valence-corrected chi connectivity index (χ4v) is 3.00. The molecular formula is C19H23N3O2. The van der Waals surface area contributed by atoms with Crippen LogP contribution < -0.4 is 5.32 Å². The number of hydrogen-bond acceptors (Lipinski definition) is 3. The fraction of sp³-hybridized carbons (Fsp3) is 0.368. The van der Waals surface area contributed by atoms with Crippen molar-refractivity contribution in [3.05, 3.63) is 66.0 Å². The Kier molecular flexibility index (Phi) is 5.43. The Morgan fingerprint density at radius 1 is 1.17 bits per heavy atom. The van der Waals surface area contributed by atoms with Gasteiger partial charge in [-0.25, -0.2) is 4.79 Å². The molecule has 0 unspecified atom stereocenters. The van der Waals surface area contributed by atoms with E-state index in [4.69, 9.17) is 4.74 Å². The third-order valence-corrected chi connectivity index (χ3v) is 4.34. The maximum atomic E-state index is 12.7. The molecular weight excluding hydrogens is 302 g/mol.